The third-order valence-electron chi connectivity index (χ3n) is 4.70. The molecular weight excluding hydrogens is 319 g/mol. The number of ether oxygens (including phenoxy) is 1. The van der Waals surface area contributed by atoms with E-state index >= 15 is 0 Å². The van der Waals surface area contributed by atoms with Crippen molar-refractivity contribution in [1.29, 1.82) is 0 Å². The summed E-state index contributed by atoms with van der Waals surface area (Å²) < 4.78 is 19.9. The summed E-state index contributed by atoms with van der Waals surface area (Å²) in [5, 5.41) is 4.63. The summed E-state index contributed by atoms with van der Waals surface area (Å²) in [6.07, 6.45) is 2.51. The third kappa shape index (κ3) is 4.03. The van der Waals surface area contributed by atoms with Gasteiger partial charge in [0.2, 0.25) is 0 Å². The number of hydrogen-bond acceptors (Lipinski definition) is 2. The van der Waals surface area contributed by atoms with Gasteiger partial charge < -0.3 is 15.0 Å². The summed E-state index contributed by atoms with van der Waals surface area (Å²) >= 11 is 0. The summed E-state index contributed by atoms with van der Waals surface area (Å²) in [5.41, 5.74) is 1.17. The van der Waals surface area contributed by atoms with E-state index in [1.165, 1.54) is 17.7 Å². The number of carbonyl (C=O) groups excluding carboxylic acids is 1. The molecule has 5 heteroatoms. The maximum atomic E-state index is 13.7. The third-order valence-corrected chi connectivity index (χ3v) is 4.70. The molecule has 0 saturated carbocycles. The summed E-state index contributed by atoms with van der Waals surface area (Å²) in [5.74, 6) is 0.484. The summed E-state index contributed by atoms with van der Waals surface area (Å²) in [4.78, 5) is 13.7. The van der Waals surface area contributed by atoms with Crippen molar-refractivity contribution in [2.45, 2.75) is 39.2 Å². The largest absolute Gasteiger partial charge is 0.490 e. The Labute approximate surface area is 148 Å². The Hall–Kier alpha value is -2.30. The minimum Gasteiger partial charge on any atom is -0.490 e. The van der Waals surface area contributed by atoms with Crippen LogP contribution in [-0.2, 0) is 6.42 Å². The maximum absolute atomic E-state index is 13.7. The number of amides is 2. The predicted molar refractivity (Wildman–Crippen MR) is 97.6 cm³/mol. The van der Waals surface area contributed by atoms with Crippen molar-refractivity contribution in [3.8, 4) is 5.75 Å². The molecule has 1 aliphatic rings. The second-order valence-electron chi connectivity index (χ2n) is 6.45. The zero-order chi connectivity index (χ0) is 17.8. The number of nitrogens with one attached hydrogen (secondary N) is 1. The van der Waals surface area contributed by atoms with Crippen molar-refractivity contribution >= 4 is 16.8 Å². The molecule has 0 spiro atoms. The van der Waals surface area contributed by atoms with E-state index in [0.29, 0.717) is 19.6 Å². The van der Waals surface area contributed by atoms with E-state index in [9.17, 15) is 9.18 Å². The fourth-order valence-electron chi connectivity index (χ4n) is 3.28. The number of piperidine rings is 1. The lowest BCUT2D eigenvalue weighted by Crippen LogP contribution is -2.46. The van der Waals surface area contributed by atoms with Gasteiger partial charge in [-0.05, 0) is 42.5 Å². The normalized spacial score (nSPS) is 15.4. The van der Waals surface area contributed by atoms with Gasteiger partial charge in [-0.1, -0.05) is 19.1 Å². The van der Waals surface area contributed by atoms with Crippen molar-refractivity contribution in [3.63, 3.8) is 0 Å². The number of aryl methyl sites for hydroxylation is 1. The molecule has 0 aliphatic carbocycles. The monoisotopic (exact) mass is 344 g/mol. The highest BCUT2D eigenvalue weighted by molar-refractivity contribution is 5.89. The Bertz CT molecular complexity index is 755. The van der Waals surface area contributed by atoms with Gasteiger partial charge in [-0.3, -0.25) is 0 Å². The van der Waals surface area contributed by atoms with Crippen LogP contribution in [0, 0.1) is 5.82 Å². The van der Waals surface area contributed by atoms with E-state index in [1.54, 1.807) is 6.07 Å². The Balaban J connectivity index is 1.75. The highest BCUT2D eigenvalue weighted by Crippen LogP contribution is 2.31. The highest BCUT2D eigenvalue weighted by atomic mass is 19.1. The number of nitrogens with zero attached hydrogens (tertiary/aromatic N) is 1. The Morgan fingerprint density at radius 3 is 2.68 bits per heavy atom. The number of benzene rings is 2. The Morgan fingerprint density at radius 2 is 2.00 bits per heavy atom. The quantitative estimate of drug-likeness (QED) is 0.907. The number of rotatable bonds is 4. The van der Waals surface area contributed by atoms with Crippen LogP contribution in [-0.4, -0.2) is 36.7 Å². The second-order valence-corrected chi connectivity index (χ2v) is 6.45. The fraction of sp³-hybridized carbons (Fsp3) is 0.450. The van der Waals surface area contributed by atoms with Crippen LogP contribution >= 0.6 is 0 Å². The number of urea groups is 1. The molecule has 0 atom stereocenters. The molecule has 134 valence electrons. The first-order valence-electron chi connectivity index (χ1n) is 9.02. The number of likely N-dealkylation sites (tertiary alicyclic amines) is 1. The predicted octanol–water partition coefficient (Wildman–Crippen LogP) is 4.11. The van der Waals surface area contributed by atoms with Crippen LogP contribution in [0.1, 0.15) is 32.3 Å². The minimum atomic E-state index is -0.257. The van der Waals surface area contributed by atoms with E-state index in [1.807, 2.05) is 17.9 Å². The molecule has 3 rings (SSSR count). The van der Waals surface area contributed by atoms with Crippen molar-refractivity contribution in [3.05, 3.63) is 41.7 Å². The molecule has 2 aromatic rings. The lowest BCUT2D eigenvalue weighted by molar-refractivity contribution is 0.112. The summed E-state index contributed by atoms with van der Waals surface area (Å²) in [6.45, 7) is 6.00. The molecule has 1 saturated heterocycles. The van der Waals surface area contributed by atoms with Crippen molar-refractivity contribution in [2.24, 2.45) is 0 Å². The van der Waals surface area contributed by atoms with Gasteiger partial charge in [0.05, 0.1) is 0 Å². The van der Waals surface area contributed by atoms with Gasteiger partial charge >= 0.3 is 6.03 Å². The molecule has 4 nitrogen and oxygen atoms in total. The topological polar surface area (TPSA) is 41.6 Å². The number of carbonyl (C=O) groups is 1. The number of hydrogen-bond donors (Lipinski definition) is 1. The lowest BCUT2D eigenvalue weighted by Gasteiger charge is -2.32. The van der Waals surface area contributed by atoms with Crippen LogP contribution < -0.4 is 10.1 Å². The van der Waals surface area contributed by atoms with Crippen LogP contribution in [0.5, 0.6) is 5.75 Å². The summed E-state index contributed by atoms with van der Waals surface area (Å²) in [7, 11) is 0. The molecule has 0 unspecified atom stereocenters. The average molecular weight is 344 g/mol. The molecule has 1 aliphatic heterocycles. The molecule has 1 N–H and O–H groups in total. The zero-order valence-electron chi connectivity index (χ0n) is 14.8. The van der Waals surface area contributed by atoms with E-state index in [-0.39, 0.29) is 18.0 Å². The minimum absolute atomic E-state index is 0.0125. The van der Waals surface area contributed by atoms with Crippen molar-refractivity contribution < 1.29 is 13.9 Å². The first-order valence-corrected chi connectivity index (χ1v) is 9.02. The van der Waals surface area contributed by atoms with Crippen molar-refractivity contribution in [2.75, 3.05) is 19.6 Å². The van der Waals surface area contributed by atoms with Crippen LogP contribution in [0.15, 0.2) is 30.3 Å². The van der Waals surface area contributed by atoms with Crippen LogP contribution in [0.25, 0.3) is 10.8 Å². The number of fused-ring (bicyclic) bond motifs is 1. The zero-order valence-corrected chi connectivity index (χ0v) is 14.8. The molecule has 2 aromatic carbocycles. The average Bonchev–Trinajstić information content (AvgIpc) is 2.62. The molecule has 25 heavy (non-hydrogen) atoms. The van der Waals surface area contributed by atoms with Gasteiger partial charge in [0.15, 0.2) is 0 Å². The van der Waals surface area contributed by atoms with Gasteiger partial charge in [0.25, 0.3) is 0 Å². The van der Waals surface area contributed by atoms with E-state index in [0.717, 1.165) is 35.8 Å². The van der Waals surface area contributed by atoms with Gasteiger partial charge in [-0.15, -0.1) is 0 Å². The molecule has 0 aromatic heterocycles. The van der Waals surface area contributed by atoms with Gasteiger partial charge in [0.1, 0.15) is 17.7 Å². The van der Waals surface area contributed by atoms with Crippen LogP contribution in [0.2, 0.25) is 0 Å². The summed E-state index contributed by atoms with van der Waals surface area (Å²) in [6, 6.07) is 8.90. The Morgan fingerprint density at radius 1 is 1.24 bits per heavy atom. The van der Waals surface area contributed by atoms with Gasteiger partial charge in [0, 0.05) is 37.9 Å². The van der Waals surface area contributed by atoms with E-state index in [4.69, 9.17) is 4.74 Å². The molecule has 0 bridgehead atoms. The maximum Gasteiger partial charge on any atom is 0.317 e. The smallest absolute Gasteiger partial charge is 0.317 e. The lowest BCUT2D eigenvalue weighted by atomic mass is 10.0. The van der Waals surface area contributed by atoms with E-state index < -0.39 is 0 Å². The molecule has 2 amide bonds. The molecule has 1 heterocycles. The van der Waals surface area contributed by atoms with Gasteiger partial charge in [-0.2, -0.15) is 0 Å². The van der Waals surface area contributed by atoms with Gasteiger partial charge in [-0.25, -0.2) is 9.18 Å². The van der Waals surface area contributed by atoms with Crippen LogP contribution in [0.3, 0.4) is 0 Å². The second kappa shape index (κ2) is 7.72. The Kier molecular flexibility index (Phi) is 5.41. The molecule has 0 radical (unpaired) electrons. The molecular formula is C20H25FN2O2. The molecule has 1 fully saturated rings. The first kappa shape index (κ1) is 17.5. The first-order chi connectivity index (χ1) is 12.1. The van der Waals surface area contributed by atoms with E-state index in [2.05, 4.69) is 18.3 Å². The van der Waals surface area contributed by atoms with Crippen molar-refractivity contribution in [1.82, 2.24) is 10.2 Å². The van der Waals surface area contributed by atoms with Crippen LogP contribution in [0.4, 0.5) is 9.18 Å². The highest BCUT2D eigenvalue weighted by Gasteiger charge is 2.24. The SMILES string of the molecule is CCNC(=O)N1CCC(Oc2cc(CC)cc3ccc(F)cc23)CC1. The standard InChI is InChI=1S/C20H25FN2O2/c1-3-14-11-15-5-6-16(21)13-18(15)19(12-14)25-17-7-9-23(10-8-17)20(24)22-4-2/h5-6,11-13,17H,3-4,7-10H2,1-2H3,(H,22,24). The fourth-order valence-corrected chi connectivity index (χ4v) is 3.28. The number of halogens is 1.